The molecule has 3 aliphatic rings. The molecule has 0 unspecified atom stereocenters. The monoisotopic (exact) mass is 262 g/mol. The highest BCUT2D eigenvalue weighted by Gasteiger charge is 2.82. The number of carboxylic acid groups (broad SMARTS) is 1. The smallest absolute Gasteiger partial charge is 0.311 e. The van der Waals surface area contributed by atoms with E-state index in [9.17, 15) is 15.0 Å². The van der Waals surface area contributed by atoms with Gasteiger partial charge in [-0.15, -0.1) is 0 Å². The summed E-state index contributed by atoms with van der Waals surface area (Å²) in [5.41, 5.74) is -1.21. The van der Waals surface area contributed by atoms with Crippen molar-refractivity contribution in [2.24, 2.45) is 16.2 Å². The minimum atomic E-state index is -0.731. The highest BCUT2D eigenvalue weighted by atomic mass is 79.9. The molecule has 2 N–H and O–H groups in total. The Bertz CT molecular complexity index is 302. The number of halogens is 1. The number of rotatable bonds is 2. The molecule has 0 radical (unpaired) electrons. The lowest BCUT2D eigenvalue weighted by molar-refractivity contribution is -0.188. The van der Waals surface area contributed by atoms with Crippen LogP contribution < -0.4 is 0 Å². The predicted molar refractivity (Wildman–Crippen MR) is 55.3 cm³/mol. The van der Waals surface area contributed by atoms with Crippen molar-refractivity contribution in [3.8, 4) is 0 Å². The van der Waals surface area contributed by atoms with Gasteiger partial charge in [-0.1, -0.05) is 29.8 Å². The molecule has 0 aromatic rings. The third kappa shape index (κ3) is 0.673. The van der Waals surface area contributed by atoms with E-state index in [4.69, 9.17) is 0 Å². The Hall–Kier alpha value is -0.0900. The molecule has 80 valence electrons. The molecule has 14 heavy (non-hydrogen) atoms. The molecule has 3 atom stereocenters. The first-order valence-corrected chi connectivity index (χ1v) is 5.77. The SMILES string of the molecule is CC1(C)[C@]2(CO)CC[C@]1(C(=O)O)[C@@H]2Br. The van der Waals surface area contributed by atoms with Gasteiger partial charge in [0.15, 0.2) is 0 Å². The first-order chi connectivity index (χ1) is 6.37. The van der Waals surface area contributed by atoms with Crippen molar-refractivity contribution >= 4 is 21.9 Å². The summed E-state index contributed by atoms with van der Waals surface area (Å²) in [4.78, 5) is 11.3. The number of aliphatic hydroxyl groups excluding tert-OH is 1. The van der Waals surface area contributed by atoms with E-state index in [2.05, 4.69) is 15.9 Å². The van der Waals surface area contributed by atoms with Gasteiger partial charge in [0.1, 0.15) is 0 Å². The van der Waals surface area contributed by atoms with E-state index in [-0.39, 0.29) is 22.3 Å². The van der Waals surface area contributed by atoms with Gasteiger partial charge in [-0.2, -0.15) is 0 Å². The summed E-state index contributed by atoms with van der Waals surface area (Å²) in [6, 6.07) is 0. The number of carbonyl (C=O) groups is 1. The fraction of sp³-hybridized carbons (Fsp3) is 0.900. The maximum absolute atomic E-state index is 11.3. The van der Waals surface area contributed by atoms with Gasteiger partial charge in [0, 0.05) is 10.2 Å². The fourth-order valence-corrected chi connectivity index (χ4v) is 5.55. The van der Waals surface area contributed by atoms with Crippen LogP contribution in [0, 0.1) is 16.2 Å². The van der Waals surface area contributed by atoms with E-state index in [0.29, 0.717) is 6.42 Å². The van der Waals surface area contributed by atoms with Gasteiger partial charge in [-0.25, -0.2) is 0 Å². The summed E-state index contributed by atoms with van der Waals surface area (Å²) in [7, 11) is 0. The second-order valence-electron chi connectivity index (χ2n) is 5.08. The topological polar surface area (TPSA) is 57.5 Å². The minimum Gasteiger partial charge on any atom is -0.481 e. The fourth-order valence-electron chi connectivity index (χ4n) is 3.61. The first kappa shape index (κ1) is 10.4. The van der Waals surface area contributed by atoms with E-state index in [1.165, 1.54) is 0 Å². The molecular weight excluding hydrogens is 248 g/mol. The third-order valence-electron chi connectivity index (χ3n) is 4.91. The average Bonchev–Trinajstić information content (AvgIpc) is 2.53. The number of alkyl halides is 1. The van der Waals surface area contributed by atoms with Crippen LogP contribution in [0.1, 0.15) is 26.7 Å². The average molecular weight is 263 g/mol. The van der Waals surface area contributed by atoms with Crippen molar-refractivity contribution in [3.63, 3.8) is 0 Å². The lowest BCUT2D eigenvalue weighted by Crippen LogP contribution is -2.69. The molecule has 3 fully saturated rings. The molecule has 3 nitrogen and oxygen atoms in total. The normalized spacial score (nSPS) is 48.7. The van der Waals surface area contributed by atoms with Crippen molar-refractivity contribution in [1.82, 2.24) is 0 Å². The molecule has 0 aliphatic heterocycles. The van der Waals surface area contributed by atoms with Gasteiger partial charge >= 0.3 is 5.97 Å². The van der Waals surface area contributed by atoms with E-state index in [1.54, 1.807) is 0 Å². The zero-order valence-corrected chi connectivity index (χ0v) is 9.97. The summed E-state index contributed by atoms with van der Waals surface area (Å²) in [5, 5.41) is 18.8. The standard InChI is InChI=1S/C10H15BrO3/c1-8(2)9(5-12)3-4-10(8,6(9)11)7(13)14/h6,12H,3-5H2,1-2H3,(H,13,14)/t6-,9+,10-/m1/s1. The van der Waals surface area contributed by atoms with Gasteiger partial charge in [0.25, 0.3) is 0 Å². The van der Waals surface area contributed by atoms with Crippen LogP contribution in [0.5, 0.6) is 0 Å². The molecular formula is C10H15BrO3. The number of carboxylic acids is 1. The van der Waals surface area contributed by atoms with Crippen LogP contribution in [0.15, 0.2) is 0 Å². The van der Waals surface area contributed by atoms with Crippen molar-refractivity contribution in [3.05, 3.63) is 0 Å². The predicted octanol–water partition coefficient (Wildman–Crippen LogP) is 1.63. The molecule has 0 spiro atoms. The summed E-state index contributed by atoms with van der Waals surface area (Å²) in [5.74, 6) is -0.731. The maximum atomic E-state index is 11.3. The van der Waals surface area contributed by atoms with Crippen LogP contribution in [0.4, 0.5) is 0 Å². The second kappa shape index (κ2) is 2.53. The summed E-state index contributed by atoms with van der Waals surface area (Å²) < 4.78 is 0. The highest BCUT2D eigenvalue weighted by molar-refractivity contribution is 9.09. The molecule has 0 heterocycles. The van der Waals surface area contributed by atoms with Crippen LogP contribution >= 0.6 is 15.9 Å². The summed E-state index contributed by atoms with van der Waals surface area (Å²) in [6.45, 7) is 4.00. The molecule has 2 bridgehead atoms. The lowest BCUT2D eigenvalue weighted by atomic mass is 9.43. The number of hydrogen-bond donors (Lipinski definition) is 2. The first-order valence-electron chi connectivity index (χ1n) is 4.85. The Balaban J connectivity index is 2.48. The lowest BCUT2D eigenvalue weighted by Gasteiger charge is -2.63. The van der Waals surface area contributed by atoms with Gasteiger partial charge in [0.2, 0.25) is 0 Å². The molecule has 0 aromatic carbocycles. The van der Waals surface area contributed by atoms with Crippen molar-refractivity contribution in [2.45, 2.75) is 31.5 Å². The quantitative estimate of drug-likeness (QED) is 0.744. The van der Waals surface area contributed by atoms with Gasteiger partial charge < -0.3 is 10.2 Å². The summed E-state index contributed by atoms with van der Waals surface area (Å²) >= 11 is 3.46. The molecule has 3 rings (SSSR count). The van der Waals surface area contributed by atoms with Crippen molar-refractivity contribution < 1.29 is 15.0 Å². The minimum absolute atomic E-state index is 0.0744. The maximum Gasteiger partial charge on any atom is 0.311 e. The number of fused-ring (bicyclic) bond motifs is 1. The van der Waals surface area contributed by atoms with Crippen LogP contribution in [0.3, 0.4) is 0 Å². The zero-order valence-electron chi connectivity index (χ0n) is 8.38. The highest BCUT2D eigenvalue weighted by Crippen LogP contribution is 2.79. The Morgan fingerprint density at radius 1 is 1.50 bits per heavy atom. The van der Waals surface area contributed by atoms with Crippen LogP contribution in [0.2, 0.25) is 0 Å². The van der Waals surface area contributed by atoms with E-state index in [0.717, 1.165) is 6.42 Å². The zero-order chi connectivity index (χ0) is 10.8. The van der Waals surface area contributed by atoms with E-state index < -0.39 is 11.4 Å². The van der Waals surface area contributed by atoms with Crippen molar-refractivity contribution in [1.29, 1.82) is 0 Å². The molecule has 4 heteroatoms. The van der Waals surface area contributed by atoms with Gasteiger partial charge in [0.05, 0.1) is 12.0 Å². The van der Waals surface area contributed by atoms with Crippen LogP contribution in [-0.2, 0) is 4.79 Å². The third-order valence-corrected chi connectivity index (χ3v) is 6.57. The number of hydrogen-bond acceptors (Lipinski definition) is 2. The molecule has 3 saturated carbocycles. The Labute approximate surface area is 91.6 Å². The summed E-state index contributed by atoms with van der Waals surface area (Å²) in [6.07, 6.45) is 1.48. The molecule has 0 amide bonds. The Morgan fingerprint density at radius 2 is 2.07 bits per heavy atom. The second-order valence-corrected chi connectivity index (χ2v) is 5.99. The van der Waals surface area contributed by atoms with Crippen LogP contribution in [0.25, 0.3) is 0 Å². The Morgan fingerprint density at radius 3 is 2.29 bits per heavy atom. The largest absolute Gasteiger partial charge is 0.481 e. The van der Waals surface area contributed by atoms with Gasteiger partial charge in [-0.05, 0) is 18.3 Å². The number of aliphatic hydroxyl groups is 1. The number of aliphatic carboxylic acids is 1. The Kier molecular flexibility index (Phi) is 1.88. The van der Waals surface area contributed by atoms with Crippen molar-refractivity contribution in [2.75, 3.05) is 6.61 Å². The van der Waals surface area contributed by atoms with E-state index in [1.807, 2.05) is 13.8 Å². The van der Waals surface area contributed by atoms with Crippen LogP contribution in [-0.4, -0.2) is 27.6 Å². The molecule has 0 aromatic heterocycles. The van der Waals surface area contributed by atoms with E-state index >= 15 is 0 Å². The molecule has 3 aliphatic carbocycles. The van der Waals surface area contributed by atoms with Gasteiger partial charge in [-0.3, -0.25) is 4.79 Å². The molecule has 0 saturated heterocycles.